The molecule has 1 heterocycles. The van der Waals surface area contributed by atoms with Crippen molar-refractivity contribution in [2.45, 2.75) is 39.0 Å². The van der Waals surface area contributed by atoms with Crippen LogP contribution in [0.2, 0.25) is 0 Å². The van der Waals surface area contributed by atoms with Crippen molar-refractivity contribution in [3.63, 3.8) is 0 Å². The van der Waals surface area contributed by atoms with Gasteiger partial charge < -0.3 is 10.8 Å². The number of hydrogen-bond donors (Lipinski definition) is 2. The Morgan fingerprint density at radius 2 is 1.80 bits per heavy atom. The number of hydrogen-bond acceptors (Lipinski definition) is 3. The molecular weight excluding hydrogens is 397 g/mol. The third-order valence-corrected chi connectivity index (χ3v) is 5.23. The maximum Gasteiger partial charge on any atom is 0.262 e. The van der Waals surface area contributed by atoms with E-state index in [-0.39, 0.29) is 11.1 Å². The molecule has 0 aliphatic heterocycles. The van der Waals surface area contributed by atoms with E-state index in [2.05, 4.69) is 0 Å². The van der Waals surface area contributed by atoms with Crippen LogP contribution in [0.1, 0.15) is 53.7 Å². The number of aromatic nitrogens is 1. The largest absolute Gasteiger partial charge is 0.505 e. The van der Waals surface area contributed by atoms with E-state index < -0.39 is 40.9 Å². The van der Waals surface area contributed by atoms with E-state index in [1.165, 1.54) is 0 Å². The zero-order valence-electron chi connectivity index (χ0n) is 16.5. The van der Waals surface area contributed by atoms with Gasteiger partial charge in [0.2, 0.25) is 5.91 Å². The average Bonchev–Trinajstić information content (AvgIpc) is 2.95. The van der Waals surface area contributed by atoms with Crippen LogP contribution in [0.4, 0.5) is 13.2 Å². The number of aromatic hydroxyl groups is 1. The Morgan fingerprint density at radius 1 is 1.10 bits per heavy atom. The van der Waals surface area contributed by atoms with Crippen molar-refractivity contribution in [3.05, 3.63) is 64.6 Å². The van der Waals surface area contributed by atoms with Gasteiger partial charge in [0, 0.05) is 22.7 Å². The van der Waals surface area contributed by atoms with Crippen LogP contribution < -0.4 is 5.73 Å². The van der Waals surface area contributed by atoms with Gasteiger partial charge in [0.05, 0.1) is 11.4 Å². The number of amides is 1. The predicted molar refractivity (Wildman–Crippen MR) is 106 cm³/mol. The minimum atomic E-state index is -1.20. The molecule has 0 aliphatic carbocycles. The van der Waals surface area contributed by atoms with Crippen LogP contribution in [-0.4, -0.2) is 21.5 Å². The standard InChI is InChI=1S/C22H21F3N2O3/c1-3-4-5-13(21(26)29)20-11(2)27(18-10-17(25)19(28)9-14(18)20)22(30)12-6-7-15(23)16(24)8-12/h6-10,13,28H,3-5H2,1-2H3,(H2,26,29). The molecule has 30 heavy (non-hydrogen) atoms. The van der Waals surface area contributed by atoms with Crippen molar-refractivity contribution < 1.29 is 27.9 Å². The van der Waals surface area contributed by atoms with E-state index in [1.807, 2.05) is 6.92 Å². The molecule has 0 bridgehead atoms. The number of primary amides is 1. The number of fused-ring (bicyclic) bond motifs is 1. The average molecular weight is 418 g/mol. The molecule has 3 N–H and O–H groups in total. The third kappa shape index (κ3) is 3.65. The van der Waals surface area contributed by atoms with Crippen molar-refractivity contribution in [3.8, 4) is 5.75 Å². The van der Waals surface area contributed by atoms with Crippen molar-refractivity contribution >= 4 is 22.7 Å². The van der Waals surface area contributed by atoms with Gasteiger partial charge in [-0.25, -0.2) is 13.2 Å². The molecule has 158 valence electrons. The number of carbonyl (C=O) groups excluding carboxylic acids is 2. The highest BCUT2D eigenvalue weighted by molar-refractivity contribution is 6.05. The van der Waals surface area contributed by atoms with Crippen LogP contribution in [0, 0.1) is 24.4 Å². The summed E-state index contributed by atoms with van der Waals surface area (Å²) in [7, 11) is 0. The first kappa shape index (κ1) is 21.4. The summed E-state index contributed by atoms with van der Waals surface area (Å²) >= 11 is 0. The Bertz CT molecular complexity index is 1150. The Hall–Kier alpha value is -3.29. The summed E-state index contributed by atoms with van der Waals surface area (Å²) in [5.41, 5.74) is 6.26. The maximum absolute atomic E-state index is 14.1. The zero-order chi connectivity index (χ0) is 22.2. The molecule has 1 aromatic heterocycles. The second-order valence-electron chi connectivity index (χ2n) is 7.19. The number of benzene rings is 2. The van der Waals surface area contributed by atoms with Gasteiger partial charge in [0.1, 0.15) is 0 Å². The van der Waals surface area contributed by atoms with Crippen LogP contribution in [0.5, 0.6) is 5.75 Å². The fraction of sp³-hybridized carbons (Fsp3) is 0.273. The topological polar surface area (TPSA) is 85.3 Å². The molecule has 0 aliphatic rings. The lowest BCUT2D eigenvalue weighted by molar-refractivity contribution is -0.119. The number of nitrogens with two attached hydrogens (primary N) is 1. The summed E-state index contributed by atoms with van der Waals surface area (Å²) in [4.78, 5) is 25.3. The number of unbranched alkanes of at least 4 members (excludes halogenated alkanes) is 1. The molecule has 0 fully saturated rings. The molecule has 0 spiro atoms. The minimum Gasteiger partial charge on any atom is -0.505 e. The van der Waals surface area contributed by atoms with Gasteiger partial charge in [0.25, 0.3) is 5.91 Å². The van der Waals surface area contributed by atoms with E-state index in [0.717, 1.165) is 41.3 Å². The van der Waals surface area contributed by atoms with Gasteiger partial charge in [0.15, 0.2) is 23.2 Å². The molecule has 0 saturated carbocycles. The Morgan fingerprint density at radius 3 is 2.40 bits per heavy atom. The summed E-state index contributed by atoms with van der Waals surface area (Å²) in [6, 6.07) is 4.80. The van der Waals surface area contributed by atoms with Gasteiger partial charge in [-0.3, -0.25) is 14.2 Å². The second kappa shape index (κ2) is 8.22. The predicted octanol–water partition coefficient (Wildman–Crippen LogP) is 4.52. The van der Waals surface area contributed by atoms with Gasteiger partial charge in [-0.05, 0) is 43.2 Å². The normalized spacial score (nSPS) is 12.3. The number of halogens is 3. The molecule has 1 amide bonds. The molecule has 5 nitrogen and oxygen atoms in total. The van der Waals surface area contributed by atoms with E-state index >= 15 is 0 Å². The first-order chi connectivity index (χ1) is 14.2. The highest BCUT2D eigenvalue weighted by atomic mass is 19.2. The lowest BCUT2D eigenvalue weighted by Gasteiger charge is -2.14. The van der Waals surface area contributed by atoms with Crippen LogP contribution in [0.15, 0.2) is 30.3 Å². The van der Waals surface area contributed by atoms with E-state index in [0.29, 0.717) is 29.5 Å². The number of carbonyl (C=O) groups is 2. The van der Waals surface area contributed by atoms with Crippen LogP contribution in [-0.2, 0) is 4.79 Å². The smallest absolute Gasteiger partial charge is 0.262 e. The fourth-order valence-electron chi connectivity index (χ4n) is 3.75. The van der Waals surface area contributed by atoms with Gasteiger partial charge in [-0.2, -0.15) is 0 Å². The Balaban J connectivity index is 2.30. The summed E-state index contributed by atoms with van der Waals surface area (Å²) in [6.07, 6.45) is 1.89. The molecule has 2 aromatic carbocycles. The summed E-state index contributed by atoms with van der Waals surface area (Å²) in [5, 5.41) is 10.2. The van der Waals surface area contributed by atoms with E-state index in [1.54, 1.807) is 6.92 Å². The molecule has 1 atom stereocenters. The molecule has 3 aromatic rings. The monoisotopic (exact) mass is 418 g/mol. The van der Waals surface area contributed by atoms with Crippen LogP contribution >= 0.6 is 0 Å². The van der Waals surface area contributed by atoms with Crippen molar-refractivity contribution in [2.75, 3.05) is 0 Å². The first-order valence-corrected chi connectivity index (χ1v) is 9.49. The quantitative estimate of drug-likeness (QED) is 0.617. The summed E-state index contributed by atoms with van der Waals surface area (Å²) in [5.74, 6) is -6.02. The number of phenols is 1. The number of phenolic OH excluding ortho intramolecular Hbond substituents is 1. The van der Waals surface area contributed by atoms with E-state index in [4.69, 9.17) is 5.73 Å². The molecule has 3 rings (SSSR count). The van der Waals surface area contributed by atoms with Crippen molar-refractivity contribution in [1.29, 1.82) is 0 Å². The Labute approximate surface area is 170 Å². The van der Waals surface area contributed by atoms with Crippen molar-refractivity contribution in [1.82, 2.24) is 4.57 Å². The van der Waals surface area contributed by atoms with Crippen LogP contribution in [0.3, 0.4) is 0 Å². The van der Waals surface area contributed by atoms with Crippen LogP contribution in [0.25, 0.3) is 10.9 Å². The van der Waals surface area contributed by atoms with E-state index in [9.17, 15) is 27.9 Å². The molecule has 0 saturated heterocycles. The molecule has 1 unspecified atom stereocenters. The lowest BCUT2D eigenvalue weighted by atomic mass is 9.90. The Kier molecular flexibility index (Phi) is 5.87. The number of nitrogens with zero attached hydrogens (tertiary/aromatic N) is 1. The third-order valence-electron chi connectivity index (χ3n) is 5.23. The highest BCUT2D eigenvalue weighted by Gasteiger charge is 2.29. The van der Waals surface area contributed by atoms with Crippen molar-refractivity contribution in [2.24, 2.45) is 5.73 Å². The van der Waals surface area contributed by atoms with Gasteiger partial charge in [-0.1, -0.05) is 19.8 Å². The summed E-state index contributed by atoms with van der Waals surface area (Å²) < 4.78 is 42.2. The molecule has 8 heteroatoms. The highest BCUT2D eigenvalue weighted by Crippen LogP contribution is 2.37. The lowest BCUT2D eigenvalue weighted by Crippen LogP contribution is -2.22. The second-order valence-corrected chi connectivity index (χ2v) is 7.19. The first-order valence-electron chi connectivity index (χ1n) is 9.49. The maximum atomic E-state index is 14.1. The van der Waals surface area contributed by atoms with Gasteiger partial charge in [-0.15, -0.1) is 0 Å². The summed E-state index contributed by atoms with van der Waals surface area (Å²) in [6.45, 7) is 3.51. The number of rotatable bonds is 6. The molecule has 0 radical (unpaired) electrons. The zero-order valence-corrected chi connectivity index (χ0v) is 16.5. The SMILES string of the molecule is CCCCC(C(N)=O)c1c(C)n(C(=O)c2ccc(F)c(F)c2)c2cc(F)c(O)cc12. The fourth-order valence-corrected chi connectivity index (χ4v) is 3.75. The minimum absolute atomic E-state index is 0.0929. The molecular formula is C22H21F3N2O3. The van der Waals surface area contributed by atoms with Gasteiger partial charge >= 0.3 is 0 Å².